The number of nitro groups is 1. The molecule has 4 rings (SSSR count). The molecule has 2 heterocycles. The highest BCUT2D eigenvalue weighted by atomic mass is 16.6. The number of aromatic nitrogens is 1. The maximum atomic E-state index is 11.9. The Morgan fingerprint density at radius 3 is 2.73 bits per heavy atom. The van der Waals surface area contributed by atoms with Crippen molar-refractivity contribution in [3.05, 3.63) is 58.1 Å². The van der Waals surface area contributed by atoms with E-state index in [9.17, 15) is 14.9 Å². The van der Waals surface area contributed by atoms with Crippen LogP contribution in [0.25, 0.3) is 22.2 Å². The predicted octanol–water partition coefficient (Wildman–Crippen LogP) is 4.17. The molecule has 154 valence electrons. The van der Waals surface area contributed by atoms with Gasteiger partial charge in [-0.25, -0.2) is 9.78 Å². The molecule has 0 aliphatic carbocycles. The van der Waals surface area contributed by atoms with E-state index in [-0.39, 0.29) is 11.4 Å². The van der Waals surface area contributed by atoms with Crippen LogP contribution in [-0.4, -0.2) is 35.6 Å². The Balaban J connectivity index is 1.94. The van der Waals surface area contributed by atoms with Crippen LogP contribution in [0.15, 0.2) is 42.5 Å². The number of hydrogen-bond acceptors (Lipinski definition) is 7. The molecule has 0 amide bonds. The summed E-state index contributed by atoms with van der Waals surface area (Å²) in [6.45, 7) is 3.02. The third kappa shape index (κ3) is 3.41. The predicted molar refractivity (Wildman–Crippen MR) is 116 cm³/mol. The third-order valence-electron chi connectivity index (χ3n) is 5.58. The molecule has 1 fully saturated rings. The first kappa shape index (κ1) is 19.6. The summed E-state index contributed by atoms with van der Waals surface area (Å²) in [5, 5.41) is 12.2. The molecule has 2 aromatic carbocycles. The maximum absolute atomic E-state index is 11.9. The van der Waals surface area contributed by atoms with Gasteiger partial charge in [0.25, 0.3) is 5.69 Å². The molecule has 1 aliphatic heterocycles. The summed E-state index contributed by atoms with van der Waals surface area (Å²) in [6.07, 6.45) is 2.12. The molecule has 8 heteroatoms. The lowest BCUT2D eigenvalue weighted by Crippen LogP contribution is -2.27. The molecule has 1 saturated heterocycles. The van der Waals surface area contributed by atoms with Crippen molar-refractivity contribution >= 4 is 33.9 Å². The van der Waals surface area contributed by atoms with E-state index in [1.807, 2.05) is 6.07 Å². The Kier molecular flexibility index (Phi) is 4.99. The van der Waals surface area contributed by atoms with Gasteiger partial charge < -0.3 is 15.4 Å². The number of esters is 1. The summed E-state index contributed by atoms with van der Waals surface area (Å²) in [7, 11) is 1.35. The fourth-order valence-corrected chi connectivity index (χ4v) is 3.98. The Bertz CT molecular complexity index is 1160. The lowest BCUT2D eigenvalue weighted by Gasteiger charge is -2.26. The second-order valence-electron chi connectivity index (χ2n) is 7.47. The number of rotatable bonds is 4. The molecule has 0 bridgehead atoms. The van der Waals surface area contributed by atoms with E-state index in [2.05, 4.69) is 11.8 Å². The molecule has 1 atom stereocenters. The van der Waals surface area contributed by atoms with E-state index in [4.69, 9.17) is 15.5 Å². The highest BCUT2D eigenvalue weighted by Gasteiger charge is 2.25. The number of carbonyl (C=O) groups is 1. The number of carbonyl (C=O) groups excluding carboxylic acids is 1. The fraction of sp³-hybridized carbons (Fsp3) is 0.273. The van der Waals surface area contributed by atoms with Crippen LogP contribution in [0, 0.1) is 10.1 Å². The summed E-state index contributed by atoms with van der Waals surface area (Å²) in [5.41, 5.74) is 9.06. The molecule has 0 saturated carbocycles. The summed E-state index contributed by atoms with van der Waals surface area (Å²) >= 11 is 0. The molecule has 1 aromatic heterocycles. The van der Waals surface area contributed by atoms with Crippen molar-refractivity contribution in [1.29, 1.82) is 0 Å². The van der Waals surface area contributed by atoms with E-state index < -0.39 is 10.9 Å². The van der Waals surface area contributed by atoms with Crippen LogP contribution >= 0.6 is 0 Å². The minimum Gasteiger partial charge on any atom is -0.465 e. The van der Waals surface area contributed by atoms with E-state index in [0.717, 1.165) is 30.5 Å². The average Bonchev–Trinajstić information content (AvgIpc) is 3.17. The molecule has 30 heavy (non-hydrogen) atoms. The minimum atomic E-state index is -0.485. The number of pyridine rings is 1. The van der Waals surface area contributed by atoms with Crippen molar-refractivity contribution in [3.8, 4) is 11.3 Å². The minimum absolute atomic E-state index is 0.114. The van der Waals surface area contributed by atoms with Crippen LogP contribution in [0.5, 0.6) is 0 Å². The van der Waals surface area contributed by atoms with Crippen LogP contribution in [0.2, 0.25) is 0 Å². The quantitative estimate of drug-likeness (QED) is 0.299. The Morgan fingerprint density at radius 2 is 2.07 bits per heavy atom. The zero-order valence-corrected chi connectivity index (χ0v) is 16.8. The summed E-state index contributed by atoms with van der Waals surface area (Å²) in [5.74, 6) is -0.411. The molecule has 3 aromatic rings. The number of hydrogen-bond donors (Lipinski definition) is 1. The van der Waals surface area contributed by atoms with Gasteiger partial charge in [-0.05, 0) is 50.1 Å². The zero-order chi connectivity index (χ0) is 21.4. The van der Waals surface area contributed by atoms with Gasteiger partial charge in [0, 0.05) is 29.6 Å². The monoisotopic (exact) mass is 406 g/mol. The van der Waals surface area contributed by atoms with Crippen molar-refractivity contribution in [2.75, 3.05) is 24.3 Å². The van der Waals surface area contributed by atoms with Gasteiger partial charge in [-0.1, -0.05) is 6.07 Å². The first-order valence-corrected chi connectivity index (χ1v) is 9.73. The van der Waals surface area contributed by atoms with Gasteiger partial charge in [0.15, 0.2) is 0 Å². The van der Waals surface area contributed by atoms with Crippen LogP contribution in [0.1, 0.15) is 30.1 Å². The van der Waals surface area contributed by atoms with Gasteiger partial charge in [0.05, 0.1) is 34.5 Å². The van der Waals surface area contributed by atoms with Gasteiger partial charge in [0.2, 0.25) is 0 Å². The highest BCUT2D eigenvalue weighted by Crippen LogP contribution is 2.38. The van der Waals surface area contributed by atoms with Gasteiger partial charge >= 0.3 is 5.97 Å². The van der Waals surface area contributed by atoms with Crippen molar-refractivity contribution in [2.24, 2.45) is 0 Å². The molecular formula is C22H22N4O4. The van der Waals surface area contributed by atoms with Crippen molar-refractivity contribution in [3.63, 3.8) is 0 Å². The van der Waals surface area contributed by atoms with E-state index in [1.54, 1.807) is 24.3 Å². The number of nitrogens with zero attached hydrogens (tertiary/aromatic N) is 3. The fourth-order valence-electron chi connectivity index (χ4n) is 3.98. The van der Waals surface area contributed by atoms with Crippen molar-refractivity contribution in [2.45, 2.75) is 25.8 Å². The van der Waals surface area contributed by atoms with Crippen molar-refractivity contribution < 1.29 is 14.5 Å². The number of methoxy groups -OCH3 is 1. The summed E-state index contributed by atoms with van der Waals surface area (Å²) in [6, 6.07) is 12.2. The SMILES string of the molecule is COC(=O)c1ccc2nc(-c3ccc(N)c([N+](=O)[O-])c3)c(N3CCC[C@@H]3C)cc2c1. The maximum Gasteiger partial charge on any atom is 0.337 e. The standard InChI is InChI=1S/C22H22N4O4/c1-13-4-3-9-25(13)20-12-16-10-15(22(27)30-2)6-8-18(16)24-21(20)14-5-7-17(23)19(11-14)26(28)29/h5-8,10-13H,3-4,9,23H2,1-2H3/t13-/m0/s1. The van der Waals surface area contributed by atoms with Gasteiger partial charge in [-0.3, -0.25) is 10.1 Å². The number of nitro benzene ring substituents is 1. The van der Waals surface area contributed by atoms with Crippen LogP contribution in [0.4, 0.5) is 17.1 Å². The number of ether oxygens (including phenoxy) is 1. The van der Waals surface area contributed by atoms with E-state index in [0.29, 0.717) is 28.4 Å². The first-order valence-electron chi connectivity index (χ1n) is 9.73. The smallest absolute Gasteiger partial charge is 0.337 e. The Morgan fingerprint density at radius 1 is 1.27 bits per heavy atom. The van der Waals surface area contributed by atoms with Crippen LogP contribution in [-0.2, 0) is 4.74 Å². The average molecular weight is 406 g/mol. The third-order valence-corrected chi connectivity index (χ3v) is 5.58. The number of fused-ring (bicyclic) bond motifs is 1. The number of anilines is 2. The molecule has 8 nitrogen and oxygen atoms in total. The van der Waals surface area contributed by atoms with E-state index >= 15 is 0 Å². The van der Waals surface area contributed by atoms with Crippen LogP contribution in [0.3, 0.4) is 0 Å². The van der Waals surface area contributed by atoms with Gasteiger partial charge in [0.1, 0.15) is 5.69 Å². The lowest BCUT2D eigenvalue weighted by molar-refractivity contribution is -0.383. The highest BCUT2D eigenvalue weighted by molar-refractivity contribution is 5.97. The Labute approximate surface area is 173 Å². The zero-order valence-electron chi connectivity index (χ0n) is 16.8. The Hall–Kier alpha value is -3.68. The van der Waals surface area contributed by atoms with Crippen LogP contribution < -0.4 is 10.6 Å². The lowest BCUT2D eigenvalue weighted by atomic mass is 10.0. The van der Waals surface area contributed by atoms with Gasteiger partial charge in [-0.15, -0.1) is 0 Å². The second kappa shape index (κ2) is 7.62. The summed E-state index contributed by atoms with van der Waals surface area (Å²) in [4.78, 5) is 29.9. The van der Waals surface area contributed by atoms with E-state index in [1.165, 1.54) is 19.2 Å². The molecule has 0 unspecified atom stereocenters. The second-order valence-corrected chi connectivity index (χ2v) is 7.47. The van der Waals surface area contributed by atoms with Crippen molar-refractivity contribution in [1.82, 2.24) is 4.98 Å². The summed E-state index contributed by atoms with van der Waals surface area (Å²) < 4.78 is 4.83. The number of nitrogens with two attached hydrogens (primary N) is 1. The molecule has 1 aliphatic rings. The molecule has 0 spiro atoms. The largest absolute Gasteiger partial charge is 0.465 e. The molecule has 2 N–H and O–H groups in total. The van der Waals surface area contributed by atoms with Gasteiger partial charge in [-0.2, -0.15) is 0 Å². The molecule has 0 radical (unpaired) electrons. The molecular weight excluding hydrogens is 384 g/mol. The first-order chi connectivity index (χ1) is 14.4. The topological polar surface area (TPSA) is 112 Å². The number of benzene rings is 2. The normalized spacial score (nSPS) is 16.1. The number of nitrogen functional groups attached to an aromatic ring is 1.